The molecule has 20 heavy (non-hydrogen) atoms. The largest absolute Gasteiger partial charge is 0.502 e. The summed E-state index contributed by atoms with van der Waals surface area (Å²) in [5.74, 6) is -3.06. The van der Waals surface area contributed by atoms with Crippen LogP contribution in [0, 0.1) is 0 Å². The number of ketones is 1. The second kappa shape index (κ2) is 5.83. The zero-order chi connectivity index (χ0) is 14.5. The molecule has 2 aromatic heterocycles. The minimum absolute atomic E-state index is 0.312. The summed E-state index contributed by atoms with van der Waals surface area (Å²) in [6, 6.07) is 5.28. The molecular formula is C14H12N2O4. The first-order valence-electron chi connectivity index (χ1n) is 5.79. The maximum absolute atomic E-state index is 11.7. The summed E-state index contributed by atoms with van der Waals surface area (Å²) in [5.41, 5.74) is 1.34. The van der Waals surface area contributed by atoms with Gasteiger partial charge in [0.2, 0.25) is 5.76 Å². The molecule has 6 nitrogen and oxygen atoms in total. The minimum Gasteiger partial charge on any atom is -0.502 e. The molecule has 0 aliphatic carbocycles. The molecule has 0 aliphatic heterocycles. The van der Waals surface area contributed by atoms with Crippen molar-refractivity contribution in [3.8, 4) is 0 Å². The first kappa shape index (κ1) is 13.5. The third kappa shape index (κ3) is 3.32. The summed E-state index contributed by atoms with van der Waals surface area (Å²) in [7, 11) is 0. The molecule has 0 aromatic carbocycles. The lowest BCUT2D eigenvalue weighted by atomic mass is 10.2. The van der Waals surface area contributed by atoms with Crippen molar-refractivity contribution in [2.45, 2.75) is 6.54 Å². The average Bonchev–Trinajstić information content (AvgIpc) is 2.88. The summed E-state index contributed by atoms with van der Waals surface area (Å²) >= 11 is 0. The van der Waals surface area contributed by atoms with Gasteiger partial charge in [-0.2, -0.15) is 0 Å². The first-order chi connectivity index (χ1) is 9.56. The molecule has 2 aromatic rings. The Morgan fingerprint density at radius 1 is 1.20 bits per heavy atom. The van der Waals surface area contributed by atoms with E-state index in [1.54, 1.807) is 35.4 Å². The predicted molar refractivity (Wildman–Crippen MR) is 70.4 cm³/mol. The van der Waals surface area contributed by atoms with E-state index in [-0.39, 0.29) is 0 Å². The molecule has 2 rings (SSSR count). The van der Waals surface area contributed by atoms with Gasteiger partial charge in [0.05, 0.1) is 0 Å². The Balaban J connectivity index is 2.11. The first-order valence-corrected chi connectivity index (χ1v) is 5.79. The number of nitrogens with zero attached hydrogens (tertiary/aromatic N) is 2. The summed E-state index contributed by atoms with van der Waals surface area (Å²) in [5, 5.41) is 17.5. The van der Waals surface area contributed by atoms with Gasteiger partial charge < -0.3 is 14.8 Å². The van der Waals surface area contributed by atoms with E-state index in [1.165, 1.54) is 0 Å². The van der Waals surface area contributed by atoms with E-state index < -0.39 is 17.5 Å². The Morgan fingerprint density at radius 3 is 2.55 bits per heavy atom. The van der Waals surface area contributed by atoms with E-state index in [0.717, 1.165) is 5.56 Å². The number of carboxylic acids is 1. The number of hydrogen-bond acceptors (Lipinski definition) is 4. The molecule has 6 heteroatoms. The predicted octanol–water partition coefficient (Wildman–Crippen LogP) is 1.64. The van der Waals surface area contributed by atoms with Crippen molar-refractivity contribution in [3.05, 3.63) is 65.9 Å². The van der Waals surface area contributed by atoms with Gasteiger partial charge in [-0.1, -0.05) is 0 Å². The molecule has 0 spiro atoms. The lowest BCUT2D eigenvalue weighted by Gasteiger charge is -2.01. The maximum atomic E-state index is 11.7. The van der Waals surface area contributed by atoms with Gasteiger partial charge in [-0.25, -0.2) is 4.79 Å². The Morgan fingerprint density at radius 2 is 1.90 bits per heavy atom. The van der Waals surface area contributed by atoms with Crippen LogP contribution in [0.25, 0.3) is 0 Å². The molecule has 0 amide bonds. The number of carbonyl (C=O) groups excluding carboxylic acids is 1. The third-order valence-corrected chi connectivity index (χ3v) is 2.64. The van der Waals surface area contributed by atoms with E-state index in [9.17, 15) is 9.59 Å². The van der Waals surface area contributed by atoms with Crippen LogP contribution < -0.4 is 0 Å². The van der Waals surface area contributed by atoms with Gasteiger partial charge in [0.25, 0.3) is 0 Å². The van der Waals surface area contributed by atoms with E-state index in [1.807, 2.05) is 12.1 Å². The molecule has 0 saturated heterocycles. The van der Waals surface area contributed by atoms with Crippen LogP contribution in [0.5, 0.6) is 0 Å². The zero-order valence-electron chi connectivity index (χ0n) is 10.4. The molecule has 0 saturated carbocycles. The molecule has 102 valence electrons. The summed E-state index contributed by atoms with van der Waals surface area (Å²) in [6.45, 7) is 0.574. The highest BCUT2D eigenvalue weighted by molar-refractivity contribution is 6.07. The quantitative estimate of drug-likeness (QED) is 0.490. The van der Waals surface area contributed by atoms with Crippen molar-refractivity contribution < 1.29 is 19.8 Å². The Bertz CT molecular complexity index is 659. The average molecular weight is 272 g/mol. The fraction of sp³-hybridized carbons (Fsp3) is 0.0714. The number of carbonyl (C=O) groups is 2. The number of rotatable bonds is 5. The normalized spacial score (nSPS) is 11.3. The summed E-state index contributed by atoms with van der Waals surface area (Å²) in [4.78, 5) is 26.0. The van der Waals surface area contributed by atoms with Crippen LogP contribution in [-0.2, 0) is 11.3 Å². The van der Waals surface area contributed by atoms with Crippen molar-refractivity contribution >= 4 is 11.8 Å². The summed E-state index contributed by atoms with van der Waals surface area (Å²) in [6.07, 6.45) is 7.35. The van der Waals surface area contributed by atoms with Gasteiger partial charge in [-0.05, 0) is 23.8 Å². The van der Waals surface area contributed by atoms with Gasteiger partial charge in [0.1, 0.15) is 0 Å². The smallest absolute Gasteiger partial charge is 0.371 e. The number of hydrogen-bond donors (Lipinski definition) is 2. The monoisotopic (exact) mass is 272 g/mol. The highest BCUT2D eigenvalue weighted by Gasteiger charge is 2.10. The van der Waals surface area contributed by atoms with Gasteiger partial charge in [-0.15, -0.1) is 0 Å². The highest BCUT2D eigenvalue weighted by atomic mass is 16.4. The van der Waals surface area contributed by atoms with Crippen molar-refractivity contribution in [1.29, 1.82) is 0 Å². The zero-order valence-corrected chi connectivity index (χ0v) is 10.4. The van der Waals surface area contributed by atoms with Crippen LogP contribution >= 0.6 is 0 Å². The summed E-state index contributed by atoms with van der Waals surface area (Å²) < 4.78 is 1.79. The van der Waals surface area contributed by atoms with E-state index in [4.69, 9.17) is 10.2 Å². The van der Waals surface area contributed by atoms with Crippen LogP contribution in [0.4, 0.5) is 0 Å². The molecule has 0 radical (unpaired) electrons. The van der Waals surface area contributed by atoms with Crippen molar-refractivity contribution in [3.63, 3.8) is 0 Å². The second-order valence-electron chi connectivity index (χ2n) is 4.13. The molecule has 0 aliphatic rings. The molecule has 2 heterocycles. The number of aliphatic hydroxyl groups is 1. The molecule has 0 atom stereocenters. The standard InChI is InChI=1S/C14H12N2O4/c17-12(7-13(18)14(19)20)11-3-6-16(9-11)8-10-1-4-15-5-2-10/h1-7,9,18H,8H2,(H,19,20)/b13-7-. The Labute approximate surface area is 114 Å². The van der Waals surface area contributed by atoms with Crippen LogP contribution in [0.2, 0.25) is 0 Å². The minimum atomic E-state index is -1.53. The molecule has 0 unspecified atom stereocenters. The van der Waals surface area contributed by atoms with Gasteiger partial charge in [-0.3, -0.25) is 9.78 Å². The SMILES string of the molecule is O=C(O)/C(O)=C/C(=O)c1ccn(Cc2ccncc2)c1. The van der Waals surface area contributed by atoms with Crippen LogP contribution in [-0.4, -0.2) is 31.5 Å². The van der Waals surface area contributed by atoms with E-state index >= 15 is 0 Å². The fourth-order valence-electron chi connectivity index (χ4n) is 1.65. The number of aliphatic carboxylic acids is 1. The van der Waals surface area contributed by atoms with Gasteiger partial charge in [0.15, 0.2) is 5.78 Å². The molecule has 0 bridgehead atoms. The van der Waals surface area contributed by atoms with Crippen LogP contribution in [0.15, 0.2) is 54.8 Å². The van der Waals surface area contributed by atoms with Crippen molar-refractivity contribution in [1.82, 2.24) is 9.55 Å². The number of aliphatic hydroxyl groups excluding tert-OH is 1. The number of pyridine rings is 1. The fourth-order valence-corrected chi connectivity index (χ4v) is 1.65. The molecular weight excluding hydrogens is 260 g/mol. The number of aromatic nitrogens is 2. The van der Waals surface area contributed by atoms with Crippen molar-refractivity contribution in [2.75, 3.05) is 0 Å². The lowest BCUT2D eigenvalue weighted by molar-refractivity contribution is -0.135. The van der Waals surface area contributed by atoms with Crippen LogP contribution in [0.3, 0.4) is 0 Å². The number of allylic oxidation sites excluding steroid dienone is 1. The number of carboxylic acid groups (broad SMARTS) is 1. The lowest BCUT2D eigenvalue weighted by Crippen LogP contribution is -2.03. The van der Waals surface area contributed by atoms with Gasteiger partial charge in [0, 0.05) is 43.0 Å². The highest BCUT2D eigenvalue weighted by Crippen LogP contribution is 2.08. The Hall–Kier alpha value is -2.89. The van der Waals surface area contributed by atoms with Crippen molar-refractivity contribution in [2.24, 2.45) is 0 Å². The van der Waals surface area contributed by atoms with E-state index in [2.05, 4.69) is 4.98 Å². The molecule has 2 N–H and O–H groups in total. The van der Waals surface area contributed by atoms with E-state index in [0.29, 0.717) is 18.2 Å². The maximum Gasteiger partial charge on any atom is 0.371 e. The van der Waals surface area contributed by atoms with Gasteiger partial charge >= 0.3 is 5.97 Å². The second-order valence-corrected chi connectivity index (χ2v) is 4.13. The third-order valence-electron chi connectivity index (χ3n) is 2.64. The topological polar surface area (TPSA) is 92.4 Å². The van der Waals surface area contributed by atoms with Crippen LogP contribution in [0.1, 0.15) is 15.9 Å². The Kier molecular flexibility index (Phi) is 3.95. The molecule has 0 fully saturated rings.